The quantitative estimate of drug-likeness (QED) is 0.825. The van der Waals surface area contributed by atoms with Crippen LogP contribution in [0.25, 0.3) is 0 Å². The third-order valence-corrected chi connectivity index (χ3v) is 4.16. The molecule has 0 aliphatic heterocycles. The van der Waals surface area contributed by atoms with Crippen molar-refractivity contribution in [3.05, 3.63) is 24.2 Å². The number of imidazole rings is 1. The number of nitrogens with one attached hydrogen (secondary N) is 2. The molecule has 0 aromatic carbocycles. The summed E-state index contributed by atoms with van der Waals surface area (Å²) in [7, 11) is -3.67. The summed E-state index contributed by atoms with van der Waals surface area (Å²) in [6.07, 6.45) is 2.85. The average molecular weight is 284 g/mol. The molecule has 0 radical (unpaired) electrons. The van der Waals surface area contributed by atoms with Crippen LogP contribution in [0.5, 0.6) is 0 Å². The van der Waals surface area contributed by atoms with E-state index in [-0.39, 0.29) is 5.03 Å². The number of aryl methyl sites for hydroxylation is 2. The summed E-state index contributed by atoms with van der Waals surface area (Å²) in [6, 6.07) is -0.500. The minimum atomic E-state index is -3.67. The van der Waals surface area contributed by atoms with Gasteiger partial charge in [-0.3, -0.25) is 5.10 Å². The van der Waals surface area contributed by atoms with E-state index in [4.69, 9.17) is 0 Å². The second kappa shape index (κ2) is 5.10. The molecule has 2 rings (SSSR count). The smallest absolute Gasteiger partial charge is 0.260 e. The SMILES string of the molecule is CCn1cc(S(=O)(=O)NC(C)c2ncn[nH]2)nc1C. The zero-order chi connectivity index (χ0) is 14.0. The van der Waals surface area contributed by atoms with Crippen LogP contribution in [0.3, 0.4) is 0 Å². The molecule has 2 heterocycles. The molecule has 0 aliphatic rings. The minimum absolute atomic E-state index is 0.0122. The van der Waals surface area contributed by atoms with Gasteiger partial charge in [-0.15, -0.1) is 0 Å². The first-order valence-corrected chi connectivity index (χ1v) is 7.33. The van der Waals surface area contributed by atoms with Crippen molar-refractivity contribution in [3.63, 3.8) is 0 Å². The number of hydrogen-bond acceptors (Lipinski definition) is 5. The highest BCUT2D eigenvalue weighted by Crippen LogP contribution is 2.13. The van der Waals surface area contributed by atoms with Gasteiger partial charge >= 0.3 is 0 Å². The van der Waals surface area contributed by atoms with Crippen molar-refractivity contribution in [2.45, 2.75) is 38.4 Å². The van der Waals surface area contributed by atoms with E-state index in [1.165, 1.54) is 12.5 Å². The highest BCUT2D eigenvalue weighted by molar-refractivity contribution is 7.89. The van der Waals surface area contributed by atoms with Crippen LogP contribution in [0.1, 0.15) is 31.5 Å². The molecule has 2 aromatic rings. The molecule has 9 heteroatoms. The summed E-state index contributed by atoms with van der Waals surface area (Å²) in [4.78, 5) is 7.97. The fourth-order valence-corrected chi connectivity index (χ4v) is 2.92. The number of H-pyrrole nitrogens is 1. The van der Waals surface area contributed by atoms with Gasteiger partial charge in [-0.25, -0.2) is 18.4 Å². The Bertz CT molecular complexity index is 646. The third kappa shape index (κ3) is 2.82. The van der Waals surface area contributed by atoms with Gasteiger partial charge in [0.15, 0.2) is 5.03 Å². The van der Waals surface area contributed by atoms with Gasteiger partial charge < -0.3 is 4.57 Å². The summed E-state index contributed by atoms with van der Waals surface area (Å²) in [5, 5.41) is 6.32. The van der Waals surface area contributed by atoms with Crippen molar-refractivity contribution in [1.29, 1.82) is 0 Å². The lowest BCUT2D eigenvalue weighted by Gasteiger charge is -2.09. The van der Waals surface area contributed by atoms with Crippen LogP contribution in [0, 0.1) is 6.92 Å². The highest BCUT2D eigenvalue weighted by Gasteiger charge is 2.23. The third-order valence-electron chi connectivity index (χ3n) is 2.75. The predicted octanol–water partition coefficient (Wildman–Crippen LogP) is 0.369. The largest absolute Gasteiger partial charge is 0.334 e. The van der Waals surface area contributed by atoms with Gasteiger partial charge in [0.1, 0.15) is 18.0 Å². The van der Waals surface area contributed by atoms with E-state index in [9.17, 15) is 8.42 Å². The van der Waals surface area contributed by atoms with Crippen LogP contribution in [0.15, 0.2) is 17.6 Å². The molecule has 2 aromatic heterocycles. The van der Waals surface area contributed by atoms with Gasteiger partial charge in [-0.05, 0) is 20.8 Å². The number of aromatic nitrogens is 5. The second-order valence-electron chi connectivity index (χ2n) is 4.13. The minimum Gasteiger partial charge on any atom is -0.334 e. The lowest BCUT2D eigenvalue weighted by Crippen LogP contribution is -2.28. The summed E-state index contributed by atoms with van der Waals surface area (Å²) in [6.45, 7) is 6.05. The first kappa shape index (κ1) is 13.7. The van der Waals surface area contributed by atoms with Crippen LogP contribution in [0.4, 0.5) is 0 Å². The van der Waals surface area contributed by atoms with Crippen LogP contribution in [0.2, 0.25) is 0 Å². The zero-order valence-electron chi connectivity index (χ0n) is 11.0. The maximum atomic E-state index is 12.2. The van der Waals surface area contributed by atoms with Gasteiger partial charge in [-0.2, -0.15) is 9.82 Å². The lowest BCUT2D eigenvalue weighted by molar-refractivity contribution is 0.557. The first-order valence-electron chi connectivity index (χ1n) is 5.85. The van der Waals surface area contributed by atoms with E-state index >= 15 is 0 Å². The standard InChI is InChI=1S/C10H16N6O2S/c1-4-16-5-9(13-8(16)3)19(17,18)15-7(2)10-11-6-12-14-10/h5-7,15H,4H2,1-3H3,(H,11,12,14). The van der Waals surface area contributed by atoms with E-state index < -0.39 is 16.1 Å². The summed E-state index contributed by atoms with van der Waals surface area (Å²) in [5.74, 6) is 1.12. The molecule has 19 heavy (non-hydrogen) atoms. The predicted molar refractivity (Wildman–Crippen MR) is 67.8 cm³/mol. The number of nitrogens with zero attached hydrogens (tertiary/aromatic N) is 4. The summed E-state index contributed by atoms with van der Waals surface area (Å²) < 4.78 is 28.6. The molecular formula is C10H16N6O2S. The zero-order valence-corrected chi connectivity index (χ0v) is 11.8. The fraction of sp³-hybridized carbons (Fsp3) is 0.500. The molecular weight excluding hydrogens is 268 g/mol. The molecule has 0 aliphatic carbocycles. The molecule has 0 saturated carbocycles. The normalized spacial score (nSPS) is 13.6. The molecule has 0 fully saturated rings. The molecule has 8 nitrogen and oxygen atoms in total. The fourth-order valence-electron chi connectivity index (χ4n) is 1.70. The summed E-state index contributed by atoms with van der Waals surface area (Å²) >= 11 is 0. The summed E-state index contributed by atoms with van der Waals surface area (Å²) in [5.41, 5.74) is 0. The van der Waals surface area contributed by atoms with E-state index in [0.717, 1.165) is 0 Å². The molecule has 0 bridgehead atoms. The monoisotopic (exact) mass is 284 g/mol. The Hall–Kier alpha value is -1.74. The van der Waals surface area contributed by atoms with Crippen LogP contribution in [-0.2, 0) is 16.6 Å². The van der Waals surface area contributed by atoms with Gasteiger partial charge in [0.05, 0.1) is 6.04 Å². The molecule has 0 amide bonds. The number of rotatable bonds is 5. The maximum absolute atomic E-state index is 12.2. The van der Waals surface area contributed by atoms with Crippen molar-refractivity contribution in [1.82, 2.24) is 29.5 Å². The van der Waals surface area contributed by atoms with Crippen molar-refractivity contribution in [2.24, 2.45) is 0 Å². The topological polar surface area (TPSA) is 106 Å². The molecule has 1 atom stereocenters. The number of aromatic amines is 1. The molecule has 0 saturated heterocycles. The maximum Gasteiger partial charge on any atom is 0.260 e. The van der Waals surface area contributed by atoms with Crippen molar-refractivity contribution in [3.8, 4) is 0 Å². The Morgan fingerprint density at radius 2 is 2.26 bits per heavy atom. The van der Waals surface area contributed by atoms with E-state index in [0.29, 0.717) is 18.2 Å². The van der Waals surface area contributed by atoms with Crippen LogP contribution in [-0.4, -0.2) is 33.2 Å². The Morgan fingerprint density at radius 1 is 1.53 bits per heavy atom. The number of sulfonamides is 1. The van der Waals surface area contributed by atoms with Crippen LogP contribution >= 0.6 is 0 Å². The van der Waals surface area contributed by atoms with E-state index in [2.05, 4.69) is 24.9 Å². The Balaban J connectivity index is 2.22. The van der Waals surface area contributed by atoms with Crippen molar-refractivity contribution in [2.75, 3.05) is 0 Å². The highest BCUT2D eigenvalue weighted by atomic mass is 32.2. The van der Waals surface area contributed by atoms with Crippen molar-refractivity contribution >= 4 is 10.0 Å². The molecule has 104 valence electrons. The van der Waals surface area contributed by atoms with Gasteiger partial charge in [0.2, 0.25) is 0 Å². The molecule has 1 unspecified atom stereocenters. The van der Waals surface area contributed by atoms with Gasteiger partial charge in [0, 0.05) is 12.7 Å². The average Bonchev–Trinajstić information content (AvgIpc) is 2.96. The first-order chi connectivity index (χ1) is 8.94. The van der Waals surface area contributed by atoms with Gasteiger partial charge in [0.25, 0.3) is 10.0 Å². The van der Waals surface area contributed by atoms with Crippen LogP contribution < -0.4 is 4.72 Å². The van der Waals surface area contributed by atoms with Gasteiger partial charge in [-0.1, -0.05) is 0 Å². The second-order valence-corrected chi connectivity index (χ2v) is 5.79. The van der Waals surface area contributed by atoms with E-state index in [1.54, 1.807) is 18.4 Å². The van der Waals surface area contributed by atoms with E-state index in [1.807, 2.05) is 6.92 Å². The number of hydrogen-bond donors (Lipinski definition) is 2. The Morgan fingerprint density at radius 3 is 2.79 bits per heavy atom. The molecule has 2 N–H and O–H groups in total. The Kier molecular flexibility index (Phi) is 3.67. The van der Waals surface area contributed by atoms with Crippen molar-refractivity contribution < 1.29 is 8.42 Å². The Labute approximate surface area is 111 Å². The molecule has 0 spiro atoms. The lowest BCUT2D eigenvalue weighted by atomic mass is 10.3.